The second-order valence-electron chi connectivity index (χ2n) is 10.6. The number of hydrogen-bond donors (Lipinski definition) is 2. The van der Waals surface area contributed by atoms with Crippen molar-refractivity contribution in [3.8, 4) is 11.3 Å². The molecule has 4 aromatic rings. The van der Waals surface area contributed by atoms with Crippen LogP contribution < -0.4 is 4.57 Å². The highest BCUT2D eigenvalue weighted by atomic mass is 19.2. The Labute approximate surface area is 208 Å². The van der Waals surface area contributed by atoms with Gasteiger partial charge in [-0.3, -0.25) is 0 Å². The molecule has 0 fully saturated rings. The van der Waals surface area contributed by atoms with Crippen molar-refractivity contribution in [3.05, 3.63) is 83.8 Å². The van der Waals surface area contributed by atoms with Crippen LogP contribution in [0.4, 0.5) is 13.2 Å². The molecule has 2 heterocycles. The number of nitrogens with zero attached hydrogens (tertiary/aromatic N) is 1. The lowest BCUT2D eigenvalue weighted by atomic mass is 9.82. The van der Waals surface area contributed by atoms with Gasteiger partial charge in [-0.2, -0.15) is 4.57 Å². The summed E-state index contributed by atoms with van der Waals surface area (Å²) in [7, 11) is 0. The molecule has 5 rings (SSSR count). The number of benzene rings is 3. The van der Waals surface area contributed by atoms with Crippen LogP contribution in [-0.4, -0.2) is 21.9 Å². The van der Waals surface area contributed by atoms with Crippen LogP contribution >= 0.6 is 0 Å². The highest BCUT2D eigenvalue weighted by Gasteiger charge is 2.41. The van der Waals surface area contributed by atoms with Gasteiger partial charge in [-0.1, -0.05) is 39.0 Å². The highest BCUT2D eigenvalue weighted by molar-refractivity contribution is 6.10. The van der Waals surface area contributed by atoms with Crippen LogP contribution in [-0.2, 0) is 5.41 Å². The van der Waals surface area contributed by atoms with E-state index in [9.17, 15) is 19.0 Å². The van der Waals surface area contributed by atoms with Gasteiger partial charge in [-0.05, 0) is 70.1 Å². The predicted molar refractivity (Wildman–Crippen MR) is 136 cm³/mol. The van der Waals surface area contributed by atoms with Gasteiger partial charge in [-0.25, -0.2) is 13.2 Å². The Morgan fingerprint density at radius 1 is 0.861 bits per heavy atom. The topological polar surface area (TPSA) is 44.3 Å². The van der Waals surface area contributed by atoms with Crippen LogP contribution in [0, 0.1) is 5.82 Å². The van der Waals surface area contributed by atoms with Crippen LogP contribution in [0.1, 0.15) is 51.7 Å². The van der Waals surface area contributed by atoms with E-state index >= 15 is 4.39 Å². The minimum absolute atomic E-state index is 0.100. The average molecular weight is 493 g/mol. The quantitative estimate of drug-likeness (QED) is 0.212. The fraction of sp³-hybridized carbons (Fsp3) is 0.300. The van der Waals surface area contributed by atoms with Gasteiger partial charge in [0.1, 0.15) is 5.82 Å². The fourth-order valence-corrected chi connectivity index (χ4v) is 5.04. The van der Waals surface area contributed by atoms with E-state index in [4.69, 9.17) is 0 Å². The van der Waals surface area contributed by atoms with Gasteiger partial charge in [0.2, 0.25) is 23.1 Å². The van der Waals surface area contributed by atoms with E-state index in [-0.39, 0.29) is 11.2 Å². The lowest BCUT2D eigenvalue weighted by Gasteiger charge is -2.22. The van der Waals surface area contributed by atoms with Gasteiger partial charge in [0.25, 0.3) is 0 Å². The number of aromatic nitrogens is 1. The third-order valence-electron chi connectivity index (χ3n) is 7.30. The molecule has 0 spiro atoms. The van der Waals surface area contributed by atoms with Crippen molar-refractivity contribution in [1.29, 1.82) is 0 Å². The molecule has 0 saturated carbocycles. The standard InChI is InChI=1S/C30H29F3NO2/c1-5-28(2,3)20-10-11-34-26(14-20)25-15-23-19(7-6-18-12-21(31)8-9-22(18)23)13-24(25)27(34)16-30(33,36)17-29(4,32)35/h6-16,35-36H,5,17H2,1-4H3/q+1/b27-16-/t29-,30+/m1/s1. The zero-order valence-electron chi connectivity index (χ0n) is 20.7. The minimum atomic E-state index is -3.09. The molecule has 0 unspecified atom stereocenters. The molecule has 0 saturated heterocycles. The Bertz CT molecular complexity index is 1550. The second-order valence-corrected chi connectivity index (χ2v) is 10.6. The summed E-state index contributed by atoms with van der Waals surface area (Å²) in [5.41, 5.74) is 3.66. The molecule has 6 heteroatoms. The molecule has 0 bridgehead atoms. The van der Waals surface area contributed by atoms with E-state index in [1.807, 2.05) is 36.5 Å². The van der Waals surface area contributed by atoms with Crippen molar-refractivity contribution in [1.82, 2.24) is 0 Å². The molecule has 3 aromatic carbocycles. The summed E-state index contributed by atoms with van der Waals surface area (Å²) in [5.74, 6) is -6.29. The largest absolute Gasteiger partial charge is 0.362 e. The van der Waals surface area contributed by atoms with Gasteiger partial charge >= 0.3 is 0 Å². The van der Waals surface area contributed by atoms with E-state index in [0.29, 0.717) is 11.3 Å². The summed E-state index contributed by atoms with van der Waals surface area (Å²) in [6.45, 7) is 7.22. The Kier molecular flexibility index (Phi) is 5.54. The van der Waals surface area contributed by atoms with Gasteiger partial charge < -0.3 is 10.2 Å². The summed E-state index contributed by atoms with van der Waals surface area (Å²) in [5, 5.41) is 23.3. The van der Waals surface area contributed by atoms with E-state index in [2.05, 4.69) is 26.8 Å². The van der Waals surface area contributed by atoms with E-state index < -0.39 is 18.1 Å². The van der Waals surface area contributed by atoms with Gasteiger partial charge in [0.15, 0.2) is 6.20 Å². The van der Waals surface area contributed by atoms with Gasteiger partial charge in [0, 0.05) is 12.1 Å². The van der Waals surface area contributed by atoms with Crippen molar-refractivity contribution in [3.63, 3.8) is 0 Å². The molecule has 36 heavy (non-hydrogen) atoms. The van der Waals surface area contributed by atoms with Crippen molar-refractivity contribution in [2.45, 2.75) is 57.7 Å². The fourth-order valence-electron chi connectivity index (χ4n) is 5.04. The van der Waals surface area contributed by atoms with Crippen LogP contribution in [0.25, 0.3) is 38.5 Å². The molecular weight excluding hydrogens is 463 g/mol. The lowest BCUT2D eigenvalue weighted by molar-refractivity contribution is -0.563. The summed E-state index contributed by atoms with van der Waals surface area (Å²) >= 11 is 0. The number of alkyl halides is 2. The minimum Gasteiger partial charge on any atom is -0.362 e. The first-order chi connectivity index (χ1) is 16.8. The molecule has 1 aromatic heterocycles. The molecule has 0 radical (unpaired) electrons. The van der Waals surface area contributed by atoms with Crippen LogP contribution in [0.3, 0.4) is 0 Å². The molecular formula is C30H29F3NO2+. The van der Waals surface area contributed by atoms with Crippen LogP contribution in [0.15, 0.2) is 66.9 Å². The van der Waals surface area contributed by atoms with Crippen molar-refractivity contribution in [2.75, 3.05) is 0 Å². The molecule has 2 atom stereocenters. The van der Waals surface area contributed by atoms with Crippen molar-refractivity contribution >= 4 is 27.2 Å². The average Bonchev–Trinajstić information content (AvgIpc) is 3.07. The Hall–Kier alpha value is -3.22. The number of rotatable bonds is 5. The number of hydrogen-bond acceptors (Lipinski definition) is 2. The molecule has 186 valence electrons. The summed E-state index contributed by atoms with van der Waals surface area (Å²) in [6, 6.07) is 16.3. The first-order valence-corrected chi connectivity index (χ1v) is 12.1. The second kappa shape index (κ2) is 8.15. The molecule has 0 aliphatic carbocycles. The first kappa shape index (κ1) is 24.5. The van der Waals surface area contributed by atoms with E-state index in [1.165, 1.54) is 12.1 Å². The third kappa shape index (κ3) is 4.29. The monoisotopic (exact) mass is 492 g/mol. The first-order valence-electron chi connectivity index (χ1n) is 12.1. The molecule has 2 N–H and O–H groups in total. The van der Waals surface area contributed by atoms with Crippen LogP contribution in [0.2, 0.25) is 0 Å². The van der Waals surface area contributed by atoms with Crippen molar-refractivity contribution in [2.24, 2.45) is 0 Å². The molecule has 3 nitrogen and oxygen atoms in total. The van der Waals surface area contributed by atoms with Gasteiger partial charge in [0.05, 0.1) is 23.6 Å². The zero-order chi connectivity index (χ0) is 26.0. The van der Waals surface area contributed by atoms with Crippen LogP contribution in [0.5, 0.6) is 0 Å². The van der Waals surface area contributed by atoms with Crippen molar-refractivity contribution < 1.29 is 28.0 Å². The SMILES string of the molecule is CCC(C)(C)c1cc[n+]2c(c1)-c1cc3c(ccc4cc(F)ccc43)cc1/C2=C/[C@@](O)(F)C[C@@](C)(O)F. The summed E-state index contributed by atoms with van der Waals surface area (Å²) in [4.78, 5) is 0. The zero-order valence-corrected chi connectivity index (χ0v) is 20.7. The number of halogens is 3. The number of pyridine rings is 1. The molecule has 1 aliphatic heterocycles. The Morgan fingerprint density at radius 3 is 2.22 bits per heavy atom. The van der Waals surface area contributed by atoms with E-state index in [1.54, 1.807) is 10.6 Å². The maximum Gasteiger partial charge on any atom is 0.238 e. The molecule has 0 amide bonds. The van der Waals surface area contributed by atoms with Gasteiger partial charge in [-0.15, -0.1) is 0 Å². The lowest BCUT2D eigenvalue weighted by Crippen LogP contribution is -2.36. The summed E-state index contributed by atoms with van der Waals surface area (Å²) in [6.07, 6.45) is 2.58. The normalized spacial score (nSPS) is 17.8. The number of aliphatic hydroxyl groups is 2. The maximum atomic E-state index is 15.1. The Morgan fingerprint density at radius 2 is 1.56 bits per heavy atom. The van der Waals surface area contributed by atoms with E-state index in [0.717, 1.165) is 57.8 Å². The molecule has 1 aliphatic rings. The third-order valence-corrected chi connectivity index (χ3v) is 7.30. The smallest absolute Gasteiger partial charge is 0.238 e. The Balaban J connectivity index is 1.80. The highest BCUT2D eigenvalue weighted by Crippen LogP contribution is 2.41. The maximum absolute atomic E-state index is 15.1. The predicted octanol–water partition coefficient (Wildman–Crippen LogP) is 6.70. The summed E-state index contributed by atoms with van der Waals surface area (Å²) < 4.78 is 44.6. The number of fused-ring (bicyclic) bond motifs is 6.